The normalized spacial score (nSPS) is 22.0. The highest BCUT2D eigenvalue weighted by Gasteiger charge is 2.25. The van der Waals surface area contributed by atoms with Gasteiger partial charge in [-0.15, -0.1) is 5.10 Å². The molecule has 1 fully saturated rings. The molecule has 0 N–H and O–H groups in total. The van der Waals surface area contributed by atoms with Crippen LogP contribution in [0.15, 0.2) is 18.2 Å². The molecule has 0 bridgehead atoms. The summed E-state index contributed by atoms with van der Waals surface area (Å²) in [5.41, 5.74) is 1.33. The van der Waals surface area contributed by atoms with E-state index in [4.69, 9.17) is 16.4 Å². The number of hydrogen-bond donors (Lipinski definition) is 0. The van der Waals surface area contributed by atoms with Crippen molar-refractivity contribution in [3.05, 3.63) is 23.2 Å². The van der Waals surface area contributed by atoms with Crippen LogP contribution in [-0.4, -0.2) is 45.7 Å². The molecule has 1 aromatic heterocycles. The second kappa shape index (κ2) is 6.12. The molecule has 118 valence electrons. The first-order valence-corrected chi connectivity index (χ1v) is 7.82. The fourth-order valence-corrected chi connectivity index (χ4v) is 3.21. The Balaban J connectivity index is 1.66. The number of piperidine rings is 1. The smallest absolute Gasteiger partial charge is 0.263 e. The first-order valence-electron chi connectivity index (χ1n) is 7.45. The zero-order valence-electron chi connectivity index (χ0n) is 12.7. The maximum atomic E-state index is 12.3. The average molecular weight is 323 g/mol. The van der Waals surface area contributed by atoms with Crippen molar-refractivity contribution in [2.75, 3.05) is 19.7 Å². The van der Waals surface area contributed by atoms with E-state index in [0.29, 0.717) is 27.9 Å². The zero-order valence-corrected chi connectivity index (χ0v) is 13.5. The molecule has 22 heavy (non-hydrogen) atoms. The van der Waals surface area contributed by atoms with Crippen LogP contribution >= 0.6 is 11.6 Å². The summed E-state index contributed by atoms with van der Waals surface area (Å²) in [5.74, 6) is 1.03. The first-order chi connectivity index (χ1) is 10.5. The van der Waals surface area contributed by atoms with Gasteiger partial charge < -0.3 is 9.74 Å². The van der Waals surface area contributed by atoms with Gasteiger partial charge in [-0.3, -0.25) is 4.79 Å². The van der Waals surface area contributed by atoms with Gasteiger partial charge >= 0.3 is 0 Å². The number of halogens is 1. The second-order valence-corrected chi connectivity index (χ2v) is 6.55. The number of nitrogens with zero attached hydrogens (tertiary/aromatic N) is 4. The Morgan fingerprint density at radius 3 is 2.82 bits per heavy atom. The van der Waals surface area contributed by atoms with Crippen LogP contribution in [0.3, 0.4) is 0 Å². The molecule has 0 unspecified atom stereocenters. The molecule has 1 aliphatic heterocycles. The molecule has 3 rings (SSSR count). The van der Waals surface area contributed by atoms with Crippen molar-refractivity contribution in [3.8, 4) is 0 Å². The number of carbonyl (C=O) groups is 1. The van der Waals surface area contributed by atoms with Gasteiger partial charge in [0.05, 0.1) is 0 Å². The standard InChI is InChI=1S/C15H19ClN4O2/c1-10-5-11(2)8-19(7-10)15(21)9-22-20-14-6-12(16)3-4-13(14)17-18-20/h3-4,6,10-11H,5,7-9H2,1-2H3/t10-,11-/m0/s1. The Morgan fingerprint density at radius 2 is 2.09 bits per heavy atom. The van der Waals surface area contributed by atoms with E-state index >= 15 is 0 Å². The third-order valence-electron chi connectivity index (χ3n) is 3.91. The van der Waals surface area contributed by atoms with Gasteiger partial charge in [-0.05, 0) is 41.7 Å². The summed E-state index contributed by atoms with van der Waals surface area (Å²) in [6.07, 6.45) is 1.16. The molecule has 1 saturated heterocycles. The number of hydrogen-bond acceptors (Lipinski definition) is 4. The van der Waals surface area contributed by atoms with Gasteiger partial charge in [-0.2, -0.15) is 0 Å². The molecule has 0 radical (unpaired) electrons. The molecule has 0 spiro atoms. The number of likely N-dealkylation sites (tertiary alicyclic amines) is 1. The number of amides is 1. The van der Waals surface area contributed by atoms with Crippen molar-refractivity contribution >= 4 is 28.5 Å². The van der Waals surface area contributed by atoms with E-state index < -0.39 is 0 Å². The summed E-state index contributed by atoms with van der Waals surface area (Å²) in [6.45, 7) is 5.87. The van der Waals surface area contributed by atoms with E-state index in [1.807, 2.05) is 4.90 Å². The molecule has 1 aliphatic rings. The molecule has 7 heteroatoms. The molecule has 2 atom stereocenters. The fraction of sp³-hybridized carbons (Fsp3) is 0.533. The average Bonchev–Trinajstić information content (AvgIpc) is 2.86. The molecular formula is C15H19ClN4O2. The molecule has 1 aromatic carbocycles. The lowest BCUT2D eigenvalue weighted by atomic mass is 9.92. The van der Waals surface area contributed by atoms with E-state index in [9.17, 15) is 4.79 Å². The maximum absolute atomic E-state index is 12.3. The quantitative estimate of drug-likeness (QED) is 0.867. The second-order valence-electron chi connectivity index (χ2n) is 6.11. The van der Waals surface area contributed by atoms with Crippen molar-refractivity contribution in [3.63, 3.8) is 0 Å². The summed E-state index contributed by atoms with van der Waals surface area (Å²) in [7, 11) is 0. The third kappa shape index (κ3) is 3.16. The number of aromatic nitrogens is 3. The highest BCUT2D eigenvalue weighted by atomic mass is 35.5. The number of carbonyl (C=O) groups excluding carboxylic acids is 1. The first kappa shape index (κ1) is 15.1. The van der Waals surface area contributed by atoms with Gasteiger partial charge in [0, 0.05) is 18.1 Å². The minimum atomic E-state index is -0.0512. The molecule has 0 saturated carbocycles. The SMILES string of the molecule is C[C@H]1C[C@H](C)CN(C(=O)COn2nnc3ccc(Cl)cc32)C1. The summed E-state index contributed by atoms with van der Waals surface area (Å²) < 4.78 is 0. The summed E-state index contributed by atoms with van der Waals surface area (Å²) in [6, 6.07) is 5.22. The van der Waals surface area contributed by atoms with Crippen molar-refractivity contribution in [2.24, 2.45) is 11.8 Å². The Labute approximate surface area is 133 Å². The highest BCUT2D eigenvalue weighted by molar-refractivity contribution is 6.31. The van der Waals surface area contributed by atoms with Crippen LogP contribution in [0, 0.1) is 11.8 Å². The van der Waals surface area contributed by atoms with Crippen LogP contribution in [0.25, 0.3) is 11.0 Å². The molecule has 0 aliphatic carbocycles. The Hall–Kier alpha value is -1.82. The summed E-state index contributed by atoms with van der Waals surface area (Å²) in [5, 5.41) is 8.45. The topological polar surface area (TPSA) is 60.2 Å². The van der Waals surface area contributed by atoms with Gasteiger partial charge in [0.2, 0.25) is 0 Å². The lowest BCUT2D eigenvalue weighted by Gasteiger charge is -2.34. The number of benzene rings is 1. The van der Waals surface area contributed by atoms with Crippen LogP contribution in [0.2, 0.25) is 5.02 Å². The van der Waals surface area contributed by atoms with Gasteiger partial charge in [-0.1, -0.05) is 30.3 Å². The summed E-state index contributed by atoms with van der Waals surface area (Å²) in [4.78, 5) is 20.9. The van der Waals surface area contributed by atoms with Gasteiger partial charge in [0.15, 0.2) is 6.61 Å². The Morgan fingerprint density at radius 1 is 1.36 bits per heavy atom. The number of rotatable bonds is 3. The lowest BCUT2D eigenvalue weighted by molar-refractivity contribution is -0.139. The van der Waals surface area contributed by atoms with Crippen LogP contribution in [0.5, 0.6) is 0 Å². The van der Waals surface area contributed by atoms with E-state index in [1.54, 1.807) is 18.2 Å². The van der Waals surface area contributed by atoms with Crippen LogP contribution in [-0.2, 0) is 4.79 Å². The van der Waals surface area contributed by atoms with Crippen molar-refractivity contribution in [1.29, 1.82) is 0 Å². The maximum Gasteiger partial charge on any atom is 0.263 e. The van der Waals surface area contributed by atoms with Crippen LogP contribution < -0.4 is 4.84 Å². The van der Waals surface area contributed by atoms with Gasteiger partial charge in [-0.25, -0.2) is 0 Å². The summed E-state index contributed by atoms with van der Waals surface area (Å²) >= 11 is 5.96. The predicted octanol–water partition coefficient (Wildman–Crippen LogP) is 2.02. The van der Waals surface area contributed by atoms with Crippen molar-refractivity contribution in [2.45, 2.75) is 20.3 Å². The minimum absolute atomic E-state index is 0.0240. The van der Waals surface area contributed by atoms with Crippen LogP contribution in [0.4, 0.5) is 0 Å². The number of fused-ring (bicyclic) bond motifs is 1. The van der Waals surface area contributed by atoms with Gasteiger partial charge in [0.25, 0.3) is 5.91 Å². The minimum Gasteiger partial charge on any atom is -0.385 e. The van der Waals surface area contributed by atoms with E-state index in [-0.39, 0.29) is 12.5 Å². The highest BCUT2D eigenvalue weighted by Crippen LogP contribution is 2.21. The Bertz CT molecular complexity index is 677. The molecular weight excluding hydrogens is 304 g/mol. The largest absolute Gasteiger partial charge is 0.385 e. The third-order valence-corrected chi connectivity index (χ3v) is 4.14. The van der Waals surface area contributed by atoms with Crippen molar-refractivity contribution < 1.29 is 9.63 Å². The van der Waals surface area contributed by atoms with E-state index in [0.717, 1.165) is 19.5 Å². The predicted molar refractivity (Wildman–Crippen MR) is 83.5 cm³/mol. The molecule has 1 amide bonds. The zero-order chi connectivity index (χ0) is 15.7. The molecule has 2 heterocycles. The van der Waals surface area contributed by atoms with Crippen LogP contribution in [0.1, 0.15) is 20.3 Å². The van der Waals surface area contributed by atoms with Crippen molar-refractivity contribution in [1.82, 2.24) is 20.1 Å². The van der Waals surface area contributed by atoms with Gasteiger partial charge in [0.1, 0.15) is 11.0 Å². The Kier molecular flexibility index (Phi) is 4.20. The van der Waals surface area contributed by atoms with E-state index in [1.165, 1.54) is 4.85 Å². The lowest BCUT2D eigenvalue weighted by Crippen LogP contribution is -2.45. The monoisotopic (exact) mass is 322 g/mol. The molecule has 6 nitrogen and oxygen atoms in total. The fourth-order valence-electron chi connectivity index (χ4n) is 3.04. The van der Waals surface area contributed by atoms with E-state index in [2.05, 4.69) is 24.2 Å². The molecule has 2 aromatic rings.